The lowest BCUT2D eigenvalue weighted by molar-refractivity contribution is -0.189. The Labute approximate surface area is 252 Å². The minimum Gasteiger partial charge on any atom is -0.429 e. The molecule has 0 spiro atoms. The van der Waals surface area contributed by atoms with Gasteiger partial charge in [-0.3, -0.25) is 0 Å². The first-order valence-corrected chi connectivity index (χ1v) is 15.0. The Morgan fingerprint density at radius 2 is 1.25 bits per heavy atom. The van der Waals surface area contributed by atoms with Crippen molar-refractivity contribution in [2.24, 2.45) is 5.92 Å². The van der Waals surface area contributed by atoms with E-state index in [0.717, 1.165) is 75.3 Å². The zero-order valence-electron chi connectivity index (χ0n) is 24.3. The number of unbranched alkanes of at least 4 members (excludes halogenated alkanes) is 2. The predicted octanol–water partition coefficient (Wildman–Crippen LogP) is 11.7. The molecule has 0 unspecified atom stereocenters. The monoisotopic (exact) mass is 614 g/mol. The molecule has 1 fully saturated rings. The van der Waals surface area contributed by atoms with Crippen molar-refractivity contribution in [2.45, 2.75) is 70.3 Å². The summed E-state index contributed by atoms with van der Waals surface area (Å²) in [5.41, 5.74) is -0.602. The number of alkyl halides is 2. The molecular formula is C36H33F7O. The van der Waals surface area contributed by atoms with Crippen LogP contribution < -0.4 is 4.74 Å². The van der Waals surface area contributed by atoms with Gasteiger partial charge in [-0.15, -0.1) is 0 Å². The van der Waals surface area contributed by atoms with E-state index in [2.05, 4.69) is 11.7 Å². The van der Waals surface area contributed by atoms with Crippen LogP contribution >= 0.6 is 0 Å². The largest absolute Gasteiger partial charge is 0.432 e. The fraction of sp³-hybridized carbons (Fsp3) is 0.333. The first-order valence-electron chi connectivity index (χ1n) is 15.0. The number of rotatable bonds is 10. The van der Waals surface area contributed by atoms with Gasteiger partial charge in [-0.1, -0.05) is 56.9 Å². The number of benzene rings is 4. The Hall–Kier alpha value is -3.81. The highest BCUT2D eigenvalue weighted by atomic mass is 19.3. The van der Waals surface area contributed by atoms with Crippen molar-refractivity contribution in [1.29, 1.82) is 0 Å². The molecule has 0 bridgehead atoms. The zero-order valence-corrected chi connectivity index (χ0v) is 24.3. The van der Waals surface area contributed by atoms with Crippen LogP contribution in [0.3, 0.4) is 0 Å². The van der Waals surface area contributed by atoms with Gasteiger partial charge in [-0.25, -0.2) is 22.0 Å². The lowest BCUT2D eigenvalue weighted by Gasteiger charge is -2.29. The summed E-state index contributed by atoms with van der Waals surface area (Å²) in [5, 5.41) is 0. The van der Waals surface area contributed by atoms with E-state index < -0.39 is 46.5 Å². The van der Waals surface area contributed by atoms with Crippen LogP contribution in [0, 0.1) is 35.0 Å². The average Bonchev–Trinajstić information content (AvgIpc) is 2.97. The Balaban J connectivity index is 1.29. The highest BCUT2D eigenvalue weighted by Crippen LogP contribution is 2.41. The number of halogens is 7. The third-order valence-electron chi connectivity index (χ3n) is 8.51. The molecule has 0 saturated heterocycles. The Morgan fingerprint density at radius 1 is 0.659 bits per heavy atom. The van der Waals surface area contributed by atoms with Crippen LogP contribution in [0.25, 0.3) is 22.3 Å². The maximum Gasteiger partial charge on any atom is 0.432 e. The molecular weight excluding hydrogens is 581 g/mol. The maximum atomic E-state index is 15.1. The number of ether oxygens (including phenoxy) is 1. The van der Waals surface area contributed by atoms with Crippen LogP contribution in [0.2, 0.25) is 0 Å². The minimum atomic E-state index is -4.43. The molecule has 0 heterocycles. The van der Waals surface area contributed by atoms with Crippen LogP contribution in [-0.2, 0) is 6.11 Å². The summed E-state index contributed by atoms with van der Waals surface area (Å²) in [6, 6.07) is 13.7. The van der Waals surface area contributed by atoms with Crippen molar-refractivity contribution >= 4 is 0 Å². The van der Waals surface area contributed by atoms with E-state index in [-0.39, 0.29) is 22.6 Å². The van der Waals surface area contributed by atoms with Crippen molar-refractivity contribution in [2.75, 3.05) is 0 Å². The third-order valence-corrected chi connectivity index (χ3v) is 8.51. The minimum absolute atomic E-state index is 0.105. The van der Waals surface area contributed by atoms with Crippen LogP contribution in [0.1, 0.15) is 75.3 Å². The smallest absolute Gasteiger partial charge is 0.429 e. The Kier molecular flexibility index (Phi) is 9.66. The van der Waals surface area contributed by atoms with E-state index in [4.69, 9.17) is 0 Å². The van der Waals surface area contributed by atoms with Gasteiger partial charge in [0.15, 0.2) is 0 Å². The highest BCUT2D eigenvalue weighted by Gasteiger charge is 2.41. The molecule has 8 heteroatoms. The molecule has 44 heavy (non-hydrogen) atoms. The molecule has 0 N–H and O–H groups in total. The molecule has 0 amide bonds. The summed E-state index contributed by atoms with van der Waals surface area (Å²) in [5.74, 6) is -5.23. The summed E-state index contributed by atoms with van der Waals surface area (Å²) in [6.07, 6.45) is 3.55. The van der Waals surface area contributed by atoms with E-state index in [0.29, 0.717) is 23.1 Å². The van der Waals surface area contributed by atoms with Crippen LogP contribution in [0.4, 0.5) is 30.7 Å². The second-order valence-corrected chi connectivity index (χ2v) is 11.5. The van der Waals surface area contributed by atoms with Crippen LogP contribution in [0.5, 0.6) is 5.75 Å². The van der Waals surface area contributed by atoms with E-state index in [1.807, 2.05) is 0 Å². The quantitative estimate of drug-likeness (QED) is 0.128. The van der Waals surface area contributed by atoms with Gasteiger partial charge < -0.3 is 4.74 Å². The molecule has 232 valence electrons. The zero-order chi connectivity index (χ0) is 31.4. The molecule has 0 radical (unpaired) electrons. The van der Waals surface area contributed by atoms with E-state index >= 15 is 13.2 Å². The second-order valence-electron chi connectivity index (χ2n) is 11.5. The summed E-state index contributed by atoms with van der Waals surface area (Å²) >= 11 is 0. The number of hydrogen-bond donors (Lipinski definition) is 0. The second kappa shape index (κ2) is 13.4. The fourth-order valence-electron chi connectivity index (χ4n) is 6.11. The third kappa shape index (κ3) is 7.11. The van der Waals surface area contributed by atoms with Crippen LogP contribution in [0.15, 0.2) is 72.8 Å². The molecule has 0 aliphatic heterocycles. The molecule has 0 aromatic heterocycles. The molecule has 1 saturated carbocycles. The van der Waals surface area contributed by atoms with Gasteiger partial charge in [0.1, 0.15) is 40.4 Å². The molecule has 1 aliphatic carbocycles. The van der Waals surface area contributed by atoms with Gasteiger partial charge in [-0.2, -0.15) is 8.78 Å². The van der Waals surface area contributed by atoms with Gasteiger partial charge in [0, 0.05) is 17.2 Å². The van der Waals surface area contributed by atoms with Gasteiger partial charge in [0.05, 0.1) is 0 Å². The summed E-state index contributed by atoms with van der Waals surface area (Å²) in [4.78, 5) is 0. The first kappa shape index (κ1) is 31.6. The predicted molar refractivity (Wildman–Crippen MR) is 157 cm³/mol. The average molecular weight is 615 g/mol. The molecule has 0 atom stereocenters. The standard InChI is InChI=1S/C36H33F7O/c1-2-3-4-5-22-6-8-23(9-7-22)26-19-33(40)35(34(41)20-26)36(42,43)44-28-15-17-30(32(39)21-28)25-12-16-29(31(38)18-25)24-10-13-27(37)14-11-24/h10-23H,2-9H2,1H3. The summed E-state index contributed by atoms with van der Waals surface area (Å²) in [6.45, 7) is 2.15. The van der Waals surface area contributed by atoms with Crippen molar-refractivity contribution in [1.82, 2.24) is 0 Å². The van der Waals surface area contributed by atoms with Crippen molar-refractivity contribution in [3.63, 3.8) is 0 Å². The molecule has 1 nitrogen and oxygen atoms in total. The van der Waals surface area contributed by atoms with Crippen molar-refractivity contribution in [3.05, 3.63) is 113 Å². The van der Waals surface area contributed by atoms with Gasteiger partial charge in [0.25, 0.3) is 0 Å². The SMILES string of the molecule is CCCCCC1CCC(c2cc(F)c(C(F)(F)Oc3ccc(-c4ccc(-c5ccc(F)cc5)c(F)c4)c(F)c3)c(F)c2)CC1. The maximum absolute atomic E-state index is 15.1. The van der Waals surface area contributed by atoms with Gasteiger partial charge in [0.2, 0.25) is 0 Å². The molecule has 1 aliphatic rings. The molecule has 4 aromatic carbocycles. The Bertz CT molecular complexity index is 1570. The normalized spacial score (nSPS) is 17.1. The van der Waals surface area contributed by atoms with E-state index in [1.165, 1.54) is 42.8 Å². The summed E-state index contributed by atoms with van der Waals surface area (Å²) in [7, 11) is 0. The van der Waals surface area contributed by atoms with Crippen molar-refractivity contribution in [3.8, 4) is 28.0 Å². The molecule has 5 rings (SSSR count). The lowest BCUT2D eigenvalue weighted by Crippen LogP contribution is -2.26. The highest BCUT2D eigenvalue weighted by molar-refractivity contribution is 5.71. The van der Waals surface area contributed by atoms with Crippen molar-refractivity contribution < 1.29 is 35.5 Å². The topological polar surface area (TPSA) is 9.23 Å². The van der Waals surface area contributed by atoms with Gasteiger partial charge in [-0.05, 0) is 96.7 Å². The Morgan fingerprint density at radius 3 is 1.86 bits per heavy atom. The molecule has 4 aromatic rings. The summed E-state index contributed by atoms with van der Waals surface area (Å²) < 4.78 is 108. The van der Waals surface area contributed by atoms with E-state index in [1.54, 1.807) is 0 Å². The van der Waals surface area contributed by atoms with Crippen LogP contribution in [-0.4, -0.2) is 0 Å². The number of hydrogen-bond acceptors (Lipinski definition) is 1. The fourth-order valence-corrected chi connectivity index (χ4v) is 6.11. The van der Waals surface area contributed by atoms with Gasteiger partial charge >= 0.3 is 6.11 Å². The lowest BCUT2D eigenvalue weighted by atomic mass is 9.77. The first-order chi connectivity index (χ1) is 21.1. The van der Waals surface area contributed by atoms with E-state index in [9.17, 15) is 17.6 Å².